The fraction of sp³-hybridized carbons (Fsp3) is 0.316. The van der Waals surface area contributed by atoms with Crippen molar-refractivity contribution >= 4 is 11.6 Å². The SMILES string of the molecule is CC(=O)Nc1c(COC2CCNC2)cccc1-c1ccccc1. The first-order valence-corrected chi connectivity index (χ1v) is 8.01. The molecular formula is C19H22N2O2. The summed E-state index contributed by atoms with van der Waals surface area (Å²) >= 11 is 0. The molecule has 2 aromatic carbocycles. The molecule has 3 rings (SSSR count). The van der Waals surface area contributed by atoms with Gasteiger partial charge in [0, 0.05) is 24.6 Å². The van der Waals surface area contributed by atoms with Crippen molar-refractivity contribution < 1.29 is 9.53 Å². The van der Waals surface area contributed by atoms with E-state index in [-0.39, 0.29) is 12.0 Å². The van der Waals surface area contributed by atoms with Crippen LogP contribution in [0, 0.1) is 0 Å². The number of amides is 1. The number of rotatable bonds is 5. The second kappa shape index (κ2) is 7.40. The van der Waals surface area contributed by atoms with E-state index < -0.39 is 0 Å². The van der Waals surface area contributed by atoms with Crippen LogP contribution in [0.5, 0.6) is 0 Å². The lowest BCUT2D eigenvalue weighted by Crippen LogP contribution is -2.17. The quantitative estimate of drug-likeness (QED) is 0.892. The molecule has 0 spiro atoms. The van der Waals surface area contributed by atoms with E-state index in [0.717, 1.165) is 41.9 Å². The average Bonchev–Trinajstić information content (AvgIpc) is 3.07. The third-order valence-electron chi connectivity index (χ3n) is 4.03. The number of hydrogen-bond acceptors (Lipinski definition) is 3. The van der Waals surface area contributed by atoms with Gasteiger partial charge in [-0.15, -0.1) is 0 Å². The molecule has 0 saturated carbocycles. The normalized spacial score (nSPS) is 17.2. The molecule has 1 unspecified atom stereocenters. The van der Waals surface area contributed by atoms with Crippen LogP contribution >= 0.6 is 0 Å². The van der Waals surface area contributed by atoms with Gasteiger partial charge in [-0.25, -0.2) is 0 Å². The van der Waals surface area contributed by atoms with Crippen molar-refractivity contribution in [2.24, 2.45) is 0 Å². The fourth-order valence-corrected chi connectivity index (χ4v) is 2.88. The maximum Gasteiger partial charge on any atom is 0.221 e. The molecule has 0 bridgehead atoms. The summed E-state index contributed by atoms with van der Waals surface area (Å²) in [6, 6.07) is 16.1. The minimum atomic E-state index is -0.0721. The molecule has 1 aliphatic rings. The average molecular weight is 310 g/mol. The predicted octanol–water partition coefficient (Wildman–Crippen LogP) is 3.19. The zero-order chi connectivity index (χ0) is 16.1. The van der Waals surface area contributed by atoms with E-state index in [9.17, 15) is 4.79 Å². The summed E-state index contributed by atoms with van der Waals surface area (Å²) in [5.41, 5.74) is 3.96. The minimum Gasteiger partial charge on any atom is -0.372 e. The highest BCUT2D eigenvalue weighted by molar-refractivity contribution is 5.95. The van der Waals surface area contributed by atoms with Crippen molar-refractivity contribution in [2.45, 2.75) is 26.1 Å². The molecule has 1 amide bonds. The van der Waals surface area contributed by atoms with Crippen molar-refractivity contribution in [2.75, 3.05) is 18.4 Å². The Kier molecular flexibility index (Phi) is 5.05. The third-order valence-corrected chi connectivity index (χ3v) is 4.03. The summed E-state index contributed by atoms with van der Waals surface area (Å²) in [6.07, 6.45) is 1.29. The second-order valence-corrected chi connectivity index (χ2v) is 5.81. The number of carbonyl (C=O) groups is 1. The van der Waals surface area contributed by atoms with Gasteiger partial charge in [0.05, 0.1) is 18.4 Å². The monoisotopic (exact) mass is 310 g/mol. The maximum absolute atomic E-state index is 11.6. The lowest BCUT2D eigenvalue weighted by molar-refractivity contribution is -0.114. The largest absolute Gasteiger partial charge is 0.372 e. The predicted molar refractivity (Wildman–Crippen MR) is 92.2 cm³/mol. The van der Waals surface area contributed by atoms with Crippen LogP contribution in [0.1, 0.15) is 18.9 Å². The molecule has 2 N–H and O–H groups in total. The van der Waals surface area contributed by atoms with Crippen molar-refractivity contribution in [1.29, 1.82) is 0 Å². The first-order chi connectivity index (χ1) is 11.2. The zero-order valence-electron chi connectivity index (χ0n) is 13.3. The number of anilines is 1. The Morgan fingerprint density at radius 2 is 2.04 bits per heavy atom. The smallest absolute Gasteiger partial charge is 0.221 e. The van der Waals surface area contributed by atoms with Crippen molar-refractivity contribution in [3.05, 3.63) is 54.1 Å². The number of para-hydroxylation sites is 1. The van der Waals surface area contributed by atoms with Gasteiger partial charge in [-0.05, 0) is 18.5 Å². The molecule has 1 atom stereocenters. The molecule has 0 aliphatic carbocycles. The van der Waals surface area contributed by atoms with Crippen LogP contribution in [0.25, 0.3) is 11.1 Å². The van der Waals surface area contributed by atoms with Gasteiger partial charge in [0.15, 0.2) is 0 Å². The second-order valence-electron chi connectivity index (χ2n) is 5.81. The summed E-state index contributed by atoms with van der Waals surface area (Å²) in [5.74, 6) is -0.0721. The first-order valence-electron chi connectivity index (χ1n) is 8.01. The van der Waals surface area contributed by atoms with Crippen LogP contribution in [-0.2, 0) is 16.1 Å². The van der Waals surface area contributed by atoms with E-state index in [1.807, 2.05) is 48.5 Å². The van der Waals surface area contributed by atoms with Gasteiger partial charge < -0.3 is 15.4 Å². The van der Waals surface area contributed by atoms with E-state index in [4.69, 9.17) is 4.74 Å². The molecular weight excluding hydrogens is 288 g/mol. The Labute approximate surface area is 136 Å². The van der Waals surface area contributed by atoms with E-state index in [1.54, 1.807) is 0 Å². The molecule has 1 saturated heterocycles. The van der Waals surface area contributed by atoms with Crippen LogP contribution in [0.2, 0.25) is 0 Å². The van der Waals surface area contributed by atoms with Crippen molar-refractivity contribution in [3.8, 4) is 11.1 Å². The first kappa shape index (κ1) is 15.7. The Balaban J connectivity index is 1.89. The van der Waals surface area contributed by atoms with Gasteiger partial charge in [0.25, 0.3) is 0 Å². The molecule has 0 radical (unpaired) electrons. The molecule has 23 heavy (non-hydrogen) atoms. The van der Waals surface area contributed by atoms with Crippen molar-refractivity contribution in [3.63, 3.8) is 0 Å². The molecule has 1 heterocycles. The zero-order valence-corrected chi connectivity index (χ0v) is 13.3. The maximum atomic E-state index is 11.6. The van der Waals surface area contributed by atoms with Gasteiger partial charge >= 0.3 is 0 Å². The number of hydrogen-bond donors (Lipinski definition) is 2. The fourth-order valence-electron chi connectivity index (χ4n) is 2.88. The topological polar surface area (TPSA) is 50.4 Å². The van der Waals surface area contributed by atoms with E-state index in [1.165, 1.54) is 6.92 Å². The minimum absolute atomic E-state index is 0.0721. The summed E-state index contributed by atoms with van der Waals surface area (Å²) < 4.78 is 5.99. The van der Waals surface area contributed by atoms with Gasteiger partial charge in [0.1, 0.15) is 0 Å². The van der Waals surface area contributed by atoms with Crippen LogP contribution in [0.15, 0.2) is 48.5 Å². The van der Waals surface area contributed by atoms with Gasteiger partial charge in [-0.3, -0.25) is 4.79 Å². The molecule has 120 valence electrons. The van der Waals surface area contributed by atoms with E-state index in [0.29, 0.717) is 6.61 Å². The van der Waals surface area contributed by atoms with E-state index >= 15 is 0 Å². The molecule has 4 heteroatoms. The highest BCUT2D eigenvalue weighted by Crippen LogP contribution is 2.31. The Hall–Kier alpha value is -2.17. The van der Waals surface area contributed by atoms with Gasteiger partial charge in [-0.1, -0.05) is 48.5 Å². The highest BCUT2D eigenvalue weighted by Gasteiger charge is 2.17. The molecule has 4 nitrogen and oxygen atoms in total. The van der Waals surface area contributed by atoms with Crippen LogP contribution in [0.3, 0.4) is 0 Å². The molecule has 2 aromatic rings. The highest BCUT2D eigenvalue weighted by atomic mass is 16.5. The standard InChI is InChI=1S/C19H22N2O2/c1-14(22)21-19-16(13-23-17-10-11-20-12-17)8-5-9-18(19)15-6-3-2-4-7-15/h2-9,17,20H,10-13H2,1H3,(H,21,22). The number of benzene rings is 2. The van der Waals surface area contributed by atoms with Crippen LogP contribution in [-0.4, -0.2) is 25.1 Å². The molecule has 1 aliphatic heterocycles. The molecule has 1 fully saturated rings. The summed E-state index contributed by atoms with van der Waals surface area (Å²) in [6.45, 7) is 3.94. The van der Waals surface area contributed by atoms with Crippen LogP contribution in [0.4, 0.5) is 5.69 Å². The van der Waals surface area contributed by atoms with Crippen molar-refractivity contribution in [1.82, 2.24) is 5.32 Å². The summed E-state index contributed by atoms with van der Waals surface area (Å²) in [7, 11) is 0. The number of ether oxygens (including phenoxy) is 1. The third kappa shape index (κ3) is 3.97. The Morgan fingerprint density at radius 3 is 2.74 bits per heavy atom. The van der Waals surface area contributed by atoms with Crippen LogP contribution < -0.4 is 10.6 Å². The summed E-state index contributed by atoms with van der Waals surface area (Å²) in [4.78, 5) is 11.6. The van der Waals surface area contributed by atoms with Gasteiger partial charge in [-0.2, -0.15) is 0 Å². The molecule has 0 aromatic heterocycles. The number of nitrogens with one attached hydrogen (secondary N) is 2. The Morgan fingerprint density at radius 1 is 1.22 bits per heavy atom. The van der Waals surface area contributed by atoms with E-state index in [2.05, 4.69) is 10.6 Å². The number of carbonyl (C=O) groups excluding carboxylic acids is 1. The Bertz CT molecular complexity index is 664. The van der Waals surface area contributed by atoms with Gasteiger partial charge in [0.2, 0.25) is 5.91 Å². The lowest BCUT2D eigenvalue weighted by atomic mass is 10.00. The summed E-state index contributed by atoms with van der Waals surface area (Å²) in [5, 5.41) is 6.28. The lowest BCUT2D eigenvalue weighted by Gasteiger charge is -2.17.